The van der Waals surface area contributed by atoms with Gasteiger partial charge in [0.25, 0.3) is 0 Å². The van der Waals surface area contributed by atoms with Crippen molar-refractivity contribution in [3.05, 3.63) is 35.4 Å². The van der Waals surface area contributed by atoms with E-state index in [1.807, 2.05) is 11.0 Å². The highest BCUT2D eigenvalue weighted by Gasteiger charge is 2.44. The predicted octanol–water partition coefficient (Wildman–Crippen LogP) is 1.45. The van der Waals surface area contributed by atoms with E-state index in [-0.39, 0.29) is 36.9 Å². The number of carbonyl (C=O) groups excluding carboxylic acids is 2. The highest BCUT2D eigenvalue weighted by molar-refractivity contribution is 5.89. The van der Waals surface area contributed by atoms with Crippen molar-refractivity contribution in [3.8, 4) is 0 Å². The molecule has 1 aromatic carbocycles. The Balaban J connectivity index is 1.45. The molecule has 0 aromatic heterocycles. The van der Waals surface area contributed by atoms with Crippen molar-refractivity contribution in [2.24, 2.45) is 5.92 Å². The summed E-state index contributed by atoms with van der Waals surface area (Å²) in [5.41, 5.74) is 2.38. The Kier molecular flexibility index (Phi) is 5.69. The SMILES string of the molecule is Cc1cccc(CN2CCNC(=O)C2CC(=O)N2[C@@H]3CC[C@H]2CC(CO)C3)c1. The maximum absolute atomic E-state index is 13.2. The molecule has 0 radical (unpaired) electrons. The third-order valence-corrected chi connectivity index (χ3v) is 6.65. The first-order chi connectivity index (χ1) is 13.5. The fourth-order valence-corrected chi connectivity index (χ4v) is 5.34. The van der Waals surface area contributed by atoms with E-state index in [2.05, 4.69) is 35.3 Å². The van der Waals surface area contributed by atoms with E-state index in [1.165, 1.54) is 11.1 Å². The van der Waals surface area contributed by atoms with E-state index >= 15 is 0 Å². The van der Waals surface area contributed by atoms with Crippen molar-refractivity contribution >= 4 is 11.8 Å². The maximum Gasteiger partial charge on any atom is 0.237 e. The molecule has 3 heterocycles. The molecule has 3 aliphatic rings. The summed E-state index contributed by atoms with van der Waals surface area (Å²) in [5, 5.41) is 12.4. The van der Waals surface area contributed by atoms with Gasteiger partial charge in [-0.25, -0.2) is 0 Å². The predicted molar refractivity (Wildman–Crippen MR) is 106 cm³/mol. The van der Waals surface area contributed by atoms with Crippen LogP contribution in [0.15, 0.2) is 24.3 Å². The maximum atomic E-state index is 13.2. The van der Waals surface area contributed by atoms with Gasteiger partial charge in [0.2, 0.25) is 11.8 Å². The average Bonchev–Trinajstić information content (AvgIpc) is 2.94. The van der Waals surface area contributed by atoms with Crippen LogP contribution in [0.1, 0.15) is 43.2 Å². The van der Waals surface area contributed by atoms with Crippen molar-refractivity contribution in [2.75, 3.05) is 19.7 Å². The second-order valence-corrected chi connectivity index (χ2v) is 8.68. The Morgan fingerprint density at radius 1 is 1.25 bits per heavy atom. The lowest BCUT2D eigenvalue weighted by Crippen LogP contribution is -2.57. The second-order valence-electron chi connectivity index (χ2n) is 8.68. The number of carbonyl (C=O) groups is 2. The van der Waals surface area contributed by atoms with Gasteiger partial charge in [-0.05, 0) is 44.1 Å². The van der Waals surface area contributed by atoms with Gasteiger partial charge in [-0.15, -0.1) is 0 Å². The number of hydrogen-bond acceptors (Lipinski definition) is 4. The quantitative estimate of drug-likeness (QED) is 0.805. The minimum atomic E-state index is -0.406. The first-order valence-electron chi connectivity index (χ1n) is 10.5. The van der Waals surface area contributed by atoms with Gasteiger partial charge in [-0.1, -0.05) is 29.8 Å². The molecule has 1 aromatic rings. The monoisotopic (exact) mass is 385 g/mol. The van der Waals surface area contributed by atoms with E-state index in [1.54, 1.807) is 0 Å². The summed E-state index contributed by atoms with van der Waals surface area (Å²) >= 11 is 0. The normalized spacial score (nSPS) is 30.4. The number of nitrogens with one attached hydrogen (secondary N) is 1. The Morgan fingerprint density at radius 3 is 2.68 bits per heavy atom. The first-order valence-corrected chi connectivity index (χ1v) is 10.5. The Bertz CT molecular complexity index is 723. The topological polar surface area (TPSA) is 72.9 Å². The molecule has 3 saturated heterocycles. The van der Waals surface area contributed by atoms with Gasteiger partial charge in [0.15, 0.2) is 0 Å². The van der Waals surface area contributed by atoms with Gasteiger partial charge in [0, 0.05) is 38.3 Å². The summed E-state index contributed by atoms with van der Waals surface area (Å²) in [6.45, 7) is 4.36. The van der Waals surface area contributed by atoms with Crippen LogP contribution in [0.5, 0.6) is 0 Å². The van der Waals surface area contributed by atoms with Crippen LogP contribution in [0.2, 0.25) is 0 Å². The minimum absolute atomic E-state index is 0.0372. The van der Waals surface area contributed by atoms with Gasteiger partial charge >= 0.3 is 0 Å². The number of hydrogen-bond donors (Lipinski definition) is 2. The second kappa shape index (κ2) is 8.21. The molecule has 4 atom stereocenters. The largest absolute Gasteiger partial charge is 0.396 e. The van der Waals surface area contributed by atoms with Crippen molar-refractivity contribution in [1.29, 1.82) is 0 Å². The molecule has 6 nitrogen and oxygen atoms in total. The number of piperidine rings is 1. The van der Waals surface area contributed by atoms with E-state index < -0.39 is 6.04 Å². The van der Waals surface area contributed by atoms with Crippen LogP contribution in [0, 0.1) is 12.8 Å². The van der Waals surface area contributed by atoms with Crippen LogP contribution >= 0.6 is 0 Å². The van der Waals surface area contributed by atoms with E-state index in [0.717, 1.165) is 32.2 Å². The molecule has 0 spiro atoms. The summed E-state index contributed by atoms with van der Waals surface area (Å²) in [6, 6.07) is 8.40. The Hall–Kier alpha value is -1.92. The van der Waals surface area contributed by atoms with Crippen LogP contribution in [0.3, 0.4) is 0 Å². The summed E-state index contributed by atoms with van der Waals surface area (Å²) in [5.74, 6) is 0.377. The lowest BCUT2D eigenvalue weighted by atomic mass is 9.90. The molecule has 3 fully saturated rings. The number of rotatable bonds is 5. The molecule has 3 aliphatic heterocycles. The fraction of sp³-hybridized carbons (Fsp3) is 0.636. The van der Waals surface area contributed by atoms with Gasteiger partial charge in [-0.2, -0.15) is 0 Å². The summed E-state index contributed by atoms with van der Waals surface area (Å²) in [6.07, 6.45) is 4.08. The molecule has 4 rings (SSSR count). The standard InChI is InChI=1S/C22H31N3O3/c1-15-3-2-4-16(9-15)13-24-8-7-23-22(28)20(24)12-21(27)25-18-5-6-19(25)11-17(10-18)14-26/h2-4,9,17-20,26H,5-8,10-14H2,1H3,(H,23,28)/t17?,18-,19+,20?. The average molecular weight is 386 g/mol. The fourth-order valence-electron chi connectivity index (χ4n) is 5.34. The van der Waals surface area contributed by atoms with Crippen LogP contribution in [-0.2, 0) is 16.1 Å². The van der Waals surface area contributed by atoms with E-state index in [4.69, 9.17) is 0 Å². The Morgan fingerprint density at radius 2 is 2.00 bits per heavy atom. The molecule has 152 valence electrons. The molecule has 2 bridgehead atoms. The minimum Gasteiger partial charge on any atom is -0.396 e. The highest BCUT2D eigenvalue weighted by Crippen LogP contribution is 2.39. The number of nitrogens with zero attached hydrogens (tertiary/aromatic N) is 2. The summed E-state index contributed by atoms with van der Waals surface area (Å²) in [7, 11) is 0. The molecule has 2 amide bonds. The molecule has 0 saturated carbocycles. The molecule has 6 heteroatoms. The van der Waals surface area contributed by atoms with Crippen molar-refractivity contribution in [2.45, 2.75) is 63.7 Å². The highest BCUT2D eigenvalue weighted by atomic mass is 16.3. The molecule has 0 aliphatic carbocycles. The van der Waals surface area contributed by atoms with Crippen LogP contribution < -0.4 is 5.32 Å². The number of benzene rings is 1. The number of amides is 2. The molecular weight excluding hydrogens is 354 g/mol. The van der Waals surface area contributed by atoms with Crippen molar-refractivity contribution in [1.82, 2.24) is 15.1 Å². The smallest absolute Gasteiger partial charge is 0.237 e. The summed E-state index contributed by atoms with van der Waals surface area (Å²) < 4.78 is 0. The summed E-state index contributed by atoms with van der Waals surface area (Å²) in [4.78, 5) is 30.0. The molecule has 28 heavy (non-hydrogen) atoms. The Labute approximate surface area is 166 Å². The lowest BCUT2D eigenvalue weighted by molar-refractivity contribution is -0.142. The zero-order valence-corrected chi connectivity index (χ0v) is 16.6. The van der Waals surface area contributed by atoms with Crippen molar-refractivity contribution < 1.29 is 14.7 Å². The zero-order valence-electron chi connectivity index (χ0n) is 16.6. The van der Waals surface area contributed by atoms with Gasteiger partial charge in [-0.3, -0.25) is 14.5 Å². The van der Waals surface area contributed by atoms with Crippen LogP contribution in [-0.4, -0.2) is 64.5 Å². The zero-order chi connectivity index (χ0) is 19.7. The van der Waals surface area contributed by atoms with Crippen LogP contribution in [0.4, 0.5) is 0 Å². The molecular formula is C22H31N3O3. The number of piperazine rings is 1. The lowest BCUT2D eigenvalue weighted by Gasteiger charge is -2.41. The van der Waals surface area contributed by atoms with E-state index in [9.17, 15) is 14.7 Å². The number of fused-ring (bicyclic) bond motifs is 2. The van der Waals surface area contributed by atoms with Gasteiger partial charge in [0.05, 0.1) is 12.5 Å². The van der Waals surface area contributed by atoms with Gasteiger partial charge in [0.1, 0.15) is 0 Å². The number of aryl methyl sites for hydroxylation is 1. The third-order valence-electron chi connectivity index (χ3n) is 6.65. The van der Waals surface area contributed by atoms with Crippen molar-refractivity contribution in [3.63, 3.8) is 0 Å². The number of aliphatic hydroxyl groups is 1. The first kappa shape index (κ1) is 19.4. The van der Waals surface area contributed by atoms with Crippen LogP contribution in [0.25, 0.3) is 0 Å². The van der Waals surface area contributed by atoms with Gasteiger partial charge < -0.3 is 15.3 Å². The molecule has 2 unspecified atom stereocenters. The number of aliphatic hydroxyl groups excluding tert-OH is 1. The molecule has 2 N–H and O–H groups in total. The third kappa shape index (κ3) is 3.94. The van der Waals surface area contributed by atoms with E-state index in [0.29, 0.717) is 19.0 Å².